The van der Waals surface area contributed by atoms with E-state index in [1.807, 2.05) is 97.1 Å². The summed E-state index contributed by atoms with van der Waals surface area (Å²) in [5, 5.41) is 0. The normalized spacial score (nSPS) is 11.6. The molecule has 0 saturated heterocycles. The van der Waals surface area contributed by atoms with Gasteiger partial charge in [0.25, 0.3) is 0 Å². The van der Waals surface area contributed by atoms with Crippen molar-refractivity contribution in [3.8, 4) is 22.8 Å². The summed E-state index contributed by atoms with van der Waals surface area (Å²) in [7, 11) is 0. The molecule has 144 valence electrons. The molecule has 0 fully saturated rings. The van der Waals surface area contributed by atoms with E-state index in [2.05, 4.69) is 19.9 Å². The van der Waals surface area contributed by atoms with Crippen molar-refractivity contribution in [3.05, 3.63) is 121 Å². The van der Waals surface area contributed by atoms with Crippen LogP contribution >= 0.6 is 0 Å². The molecule has 4 rings (SSSR count). The van der Waals surface area contributed by atoms with Crippen LogP contribution in [0.15, 0.2) is 110 Å². The number of aromatic nitrogens is 4. The molecule has 0 aliphatic rings. The molecule has 0 atom stereocenters. The van der Waals surface area contributed by atoms with Crippen LogP contribution in [0.3, 0.4) is 0 Å². The van der Waals surface area contributed by atoms with E-state index in [4.69, 9.17) is 0 Å². The van der Waals surface area contributed by atoms with Gasteiger partial charge in [0.2, 0.25) is 0 Å². The number of allylic oxidation sites excluding steroid dienone is 4. The summed E-state index contributed by atoms with van der Waals surface area (Å²) in [4.78, 5) is 17.5. The Bertz CT molecular complexity index is 1080. The summed E-state index contributed by atoms with van der Waals surface area (Å²) in [5.41, 5.74) is 5.62. The van der Waals surface area contributed by atoms with Gasteiger partial charge in [-0.3, -0.25) is 19.9 Å². The summed E-state index contributed by atoms with van der Waals surface area (Å²) in [6.07, 6.45) is 19.3. The van der Waals surface area contributed by atoms with Gasteiger partial charge in [0.15, 0.2) is 0 Å². The molecule has 0 N–H and O–H groups in total. The number of pyridine rings is 4. The van der Waals surface area contributed by atoms with Crippen molar-refractivity contribution >= 4 is 12.2 Å². The van der Waals surface area contributed by atoms with Gasteiger partial charge in [0.1, 0.15) is 0 Å². The molecule has 30 heavy (non-hydrogen) atoms. The lowest BCUT2D eigenvalue weighted by atomic mass is 10.1. The van der Waals surface area contributed by atoms with Gasteiger partial charge in [-0.1, -0.05) is 48.6 Å². The van der Waals surface area contributed by atoms with Gasteiger partial charge in [0, 0.05) is 24.8 Å². The Balaban J connectivity index is 1.39. The number of hydrogen-bond acceptors (Lipinski definition) is 4. The van der Waals surface area contributed by atoms with E-state index in [0.29, 0.717) is 0 Å². The van der Waals surface area contributed by atoms with Gasteiger partial charge < -0.3 is 0 Å². The fraction of sp³-hybridized carbons (Fsp3) is 0. The largest absolute Gasteiger partial charge is 0.255 e. The van der Waals surface area contributed by atoms with Gasteiger partial charge in [-0.15, -0.1) is 0 Å². The fourth-order valence-electron chi connectivity index (χ4n) is 2.87. The first-order valence-electron chi connectivity index (χ1n) is 9.65. The highest BCUT2D eigenvalue weighted by molar-refractivity contribution is 5.62. The minimum atomic E-state index is 0.864. The van der Waals surface area contributed by atoms with E-state index in [0.717, 1.165) is 33.9 Å². The van der Waals surface area contributed by atoms with Crippen LogP contribution in [0.2, 0.25) is 0 Å². The van der Waals surface area contributed by atoms with Crippen LogP contribution in [0.25, 0.3) is 34.9 Å². The minimum absolute atomic E-state index is 0.864. The Morgan fingerprint density at radius 3 is 1.33 bits per heavy atom. The van der Waals surface area contributed by atoms with E-state index in [1.54, 1.807) is 24.8 Å². The van der Waals surface area contributed by atoms with E-state index < -0.39 is 0 Å². The van der Waals surface area contributed by atoms with Crippen molar-refractivity contribution in [1.29, 1.82) is 0 Å². The molecular weight excluding hydrogens is 368 g/mol. The zero-order chi connectivity index (χ0) is 20.4. The molecule has 0 amide bonds. The molecule has 0 aliphatic carbocycles. The van der Waals surface area contributed by atoms with Crippen LogP contribution in [0.4, 0.5) is 0 Å². The van der Waals surface area contributed by atoms with Gasteiger partial charge in [0.05, 0.1) is 22.8 Å². The second kappa shape index (κ2) is 9.85. The van der Waals surface area contributed by atoms with E-state index >= 15 is 0 Å². The predicted octanol–water partition coefficient (Wildman–Crippen LogP) is 5.88. The van der Waals surface area contributed by atoms with Crippen molar-refractivity contribution < 1.29 is 0 Å². The summed E-state index contributed by atoms with van der Waals surface area (Å²) in [6.45, 7) is 0. The molecule has 4 aromatic heterocycles. The van der Waals surface area contributed by atoms with Crippen LogP contribution in [0.1, 0.15) is 11.1 Å². The first kappa shape index (κ1) is 19.2. The number of hydrogen-bond donors (Lipinski definition) is 0. The van der Waals surface area contributed by atoms with Crippen molar-refractivity contribution in [1.82, 2.24) is 19.9 Å². The molecule has 0 aliphatic heterocycles. The maximum absolute atomic E-state index is 4.39. The van der Waals surface area contributed by atoms with Crippen LogP contribution in [0.5, 0.6) is 0 Å². The quantitative estimate of drug-likeness (QED) is 0.387. The van der Waals surface area contributed by atoms with E-state index in [1.165, 1.54) is 0 Å². The first-order chi connectivity index (χ1) is 14.9. The fourth-order valence-corrected chi connectivity index (χ4v) is 2.87. The van der Waals surface area contributed by atoms with Crippen molar-refractivity contribution in [2.75, 3.05) is 0 Å². The van der Waals surface area contributed by atoms with E-state index in [9.17, 15) is 0 Å². The van der Waals surface area contributed by atoms with Gasteiger partial charge in [-0.2, -0.15) is 0 Å². The SMILES string of the molecule is C(=C\C=C\c1ccnc(-c2ccccn2)c1)/C=C/c1ccnc(-c2ccccn2)c1. The molecule has 0 radical (unpaired) electrons. The van der Waals surface area contributed by atoms with Crippen LogP contribution < -0.4 is 0 Å². The first-order valence-corrected chi connectivity index (χ1v) is 9.65. The molecule has 4 heteroatoms. The second-order valence-electron chi connectivity index (χ2n) is 6.48. The molecule has 4 aromatic rings. The minimum Gasteiger partial charge on any atom is -0.255 e. The molecule has 4 heterocycles. The lowest BCUT2D eigenvalue weighted by Crippen LogP contribution is -1.86. The molecular formula is C26H20N4. The zero-order valence-electron chi connectivity index (χ0n) is 16.3. The summed E-state index contributed by atoms with van der Waals surface area (Å²) < 4.78 is 0. The zero-order valence-corrected chi connectivity index (χ0v) is 16.3. The maximum Gasteiger partial charge on any atom is 0.0892 e. The average molecular weight is 388 g/mol. The Morgan fingerprint density at radius 1 is 0.433 bits per heavy atom. The van der Waals surface area contributed by atoms with Gasteiger partial charge >= 0.3 is 0 Å². The highest BCUT2D eigenvalue weighted by atomic mass is 14.8. The summed E-state index contributed by atoms with van der Waals surface area (Å²) in [5.74, 6) is 0. The van der Waals surface area contributed by atoms with Crippen LogP contribution in [-0.4, -0.2) is 19.9 Å². The van der Waals surface area contributed by atoms with Crippen molar-refractivity contribution in [2.45, 2.75) is 0 Å². The van der Waals surface area contributed by atoms with Crippen LogP contribution in [-0.2, 0) is 0 Å². The highest BCUT2D eigenvalue weighted by Gasteiger charge is 2.00. The monoisotopic (exact) mass is 388 g/mol. The molecule has 0 bridgehead atoms. The summed E-state index contributed by atoms with van der Waals surface area (Å²) in [6, 6.07) is 19.6. The standard InChI is InChI=1S/C26H20N4/c1(3-9-21-13-17-29-25(19-21)23-11-5-7-15-27-23)2-4-10-22-14-18-30-26(20-22)24-12-6-8-16-28-24/h1-20H/b2-1+,9-3+,10-4+. The molecule has 0 unspecified atom stereocenters. The second-order valence-corrected chi connectivity index (χ2v) is 6.48. The third-order valence-corrected chi connectivity index (χ3v) is 4.33. The smallest absolute Gasteiger partial charge is 0.0892 e. The third-order valence-electron chi connectivity index (χ3n) is 4.33. The van der Waals surface area contributed by atoms with Crippen molar-refractivity contribution in [2.24, 2.45) is 0 Å². The van der Waals surface area contributed by atoms with E-state index in [-0.39, 0.29) is 0 Å². The van der Waals surface area contributed by atoms with Crippen LogP contribution in [0, 0.1) is 0 Å². The molecule has 0 saturated carbocycles. The number of rotatable bonds is 6. The van der Waals surface area contributed by atoms with Gasteiger partial charge in [-0.25, -0.2) is 0 Å². The lowest BCUT2D eigenvalue weighted by Gasteiger charge is -2.00. The predicted molar refractivity (Wildman–Crippen MR) is 122 cm³/mol. The Labute approximate surface area is 176 Å². The van der Waals surface area contributed by atoms with Gasteiger partial charge in [-0.05, 0) is 59.7 Å². The average Bonchev–Trinajstić information content (AvgIpc) is 2.83. The third kappa shape index (κ3) is 5.20. The topological polar surface area (TPSA) is 51.6 Å². The Kier molecular flexibility index (Phi) is 6.28. The maximum atomic E-state index is 4.39. The Morgan fingerprint density at radius 2 is 0.900 bits per heavy atom. The molecule has 0 aromatic carbocycles. The lowest BCUT2D eigenvalue weighted by molar-refractivity contribution is 1.24. The highest BCUT2D eigenvalue weighted by Crippen LogP contribution is 2.16. The summed E-state index contributed by atoms with van der Waals surface area (Å²) >= 11 is 0. The molecule has 4 nitrogen and oxygen atoms in total. The number of nitrogens with zero attached hydrogens (tertiary/aromatic N) is 4. The molecule has 0 spiro atoms. The Hall–Kier alpha value is -4.18. The van der Waals surface area contributed by atoms with Crippen molar-refractivity contribution in [3.63, 3.8) is 0 Å².